The third-order valence-electron chi connectivity index (χ3n) is 3.63. The number of alkyl carbamates (subject to hydrolysis) is 1. The lowest BCUT2D eigenvalue weighted by molar-refractivity contribution is -0.270. The molecule has 5 atom stereocenters. The number of ether oxygens (including phenoxy) is 6. The van der Waals surface area contributed by atoms with Gasteiger partial charge in [-0.25, -0.2) is 4.79 Å². The zero-order chi connectivity index (χ0) is 24.6. The minimum Gasteiger partial charge on any atom is -0.463 e. The maximum absolute atomic E-state index is 12.2. The van der Waals surface area contributed by atoms with Crippen LogP contribution in [0.4, 0.5) is 4.79 Å². The quantitative estimate of drug-likeness (QED) is 0.291. The van der Waals surface area contributed by atoms with Gasteiger partial charge >= 0.3 is 30.0 Å². The van der Waals surface area contributed by atoms with Crippen LogP contribution in [0.1, 0.15) is 27.7 Å². The summed E-state index contributed by atoms with van der Waals surface area (Å²) in [6, 6.07) is -1.43. The van der Waals surface area contributed by atoms with Crippen molar-refractivity contribution in [2.75, 3.05) is 13.2 Å². The van der Waals surface area contributed by atoms with E-state index in [-0.39, 0.29) is 0 Å². The number of carbonyl (C=O) groups excluding carboxylic acids is 5. The summed E-state index contributed by atoms with van der Waals surface area (Å²) >= 11 is 16.6. The zero-order valence-corrected chi connectivity index (χ0v) is 19.7. The highest BCUT2D eigenvalue weighted by Crippen LogP contribution is 2.29. The molecule has 15 heteroatoms. The highest BCUT2D eigenvalue weighted by molar-refractivity contribution is 6.67. The van der Waals surface area contributed by atoms with Crippen LogP contribution in [0.2, 0.25) is 0 Å². The third-order valence-corrected chi connectivity index (χ3v) is 3.96. The van der Waals surface area contributed by atoms with Gasteiger partial charge in [0.15, 0.2) is 12.2 Å². The van der Waals surface area contributed by atoms with Crippen LogP contribution < -0.4 is 5.32 Å². The van der Waals surface area contributed by atoms with Gasteiger partial charge in [-0.2, -0.15) is 0 Å². The van der Waals surface area contributed by atoms with Gasteiger partial charge in [0.1, 0.15) is 25.4 Å². The van der Waals surface area contributed by atoms with Gasteiger partial charge in [0.2, 0.25) is 10.1 Å². The van der Waals surface area contributed by atoms with Crippen molar-refractivity contribution in [1.82, 2.24) is 5.32 Å². The highest BCUT2D eigenvalue weighted by Gasteiger charge is 2.52. The molecule has 0 saturated carbocycles. The van der Waals surface area contributed by atoms with Crippen molar-refractivity contribution in [2.24, 2.45) is 0 Å². The maximum atomic E-state index is 12.2. The predicted octanol–water partition coefficient (Wildman–Crippen LogP) is 1.17. The molecule has 12 nitrogen and oxygen atoms in total. The Balaban J connectivity index is 3.28. The van der Waals surface area contributed by atoms with Crippen LogP contribution in [0.25, 0.3) is 0 Å². The lowest BCUT2D eigenvalue weighted by atomic mass is 9.96. The van der Waals surface area contributed by atoms with Gasteiger partial charge in [-0.1, -0.05) is 34.8 Å². The SMILES string of the molecule is CC(=O)OC[C@H]1O[C@H](OC(C)=O)[C@@H](NC(=O)OCC(Cl)(Cl)Cl)[C@@H](OC(C)=O)[C@@H]1OC(C)=O. The average molecular weight is 523 g/mol. The number of esters is 4. The molecule has 1 rings (SSSR count). The number of alkyl halides is 3. The minimum absolute atomic E-state index is 0.451. The Kier molecular flexibility index (Phi) is 10.8. The Labute approximate surface area is 198 Å². The van der Waals surface area contributed by atoms with Crippen LogP contribution in [0, 0.1) is 0 Å². The molecule has 182 valence electrons. The second-order valence-corrected chi connectivity index (χ2v) is 8.98. The fraction of sp³-hybridized carbons (Fsp3) is 0.706. The minimum atomic E-state index is -1.92. The summed E-state index contributed by atoms with van der Waals surface area (Å²) < 4.78 is 28.9. The second kappa shape index (κ2) is 12.3. The third kappa shape index (κ3) is 10.1. The van der Waals surface area contributed by atoms with Crippen LogP contribution in [0.5, 0.6) is 0 Å². The monoisotopic (exact) mass is 521 g/mol. The smallest absolute Gasteiger partial charge is 0.407 e. The van der Waals surface area contributed by atoms with E-state index in [1.54, 1.807) is 0 Å². The van der Waals surface area contributed by atoms with Gasteiger partial charge < -0.3 is 33.7 Å². The van der Waals surface area contributed by atoms with Crippen LogP contribution in [0.15, 0.2) is 0 Å². The first-order valence-electron chi connectivity index (χ1n) is 9.00. The summed E-state index contributed by atoms with van der Waals surface area (Å²) in [7, 11) is 0. The van der Waals surface area contributed by atoms with E-state index < -0.39 is 77.6 Å². The summed E-state index contributed by atoms with van der Waals surface area (Å²) in [6.07, 6.45) is -6.77. The summed E-state index contributed by atoms with van der Waals surface area (Å²) in [5, 5.41) is 2.28. The van der Waals surface area contributed by atoms with E-state index in [1.165, 1.54) is 0 Å². The van der Waals surface area contributed by atoms with Gasteiger partial charge in [-0.15, -0.1) is 0 Å². The fourth-order valence-electron chi connectivity index (χ4n) is 2.65. The molecule has 0 spiro atoms. The fourth-order valence-corrected chi connectivity index (χ4v) is 2.81. The van der Waals surface area contributed by atoms with Crippen molar-refractivity contribution in [3.05, 3.63) is 0 Å². The van der Waals surface area contributed by atoms with Crippen LogP contribution in [0.3, 0.4) is 0 Å². The van der Waals surface area contributed by atoms with Crippen molar-refractivity contribution < 1.29 is 52.4 Å². The van der Waals surface area contributed by atoms with E-state index >= 15 is 0 Å². The molecule has 0 aromatic heterocycles. The number of hydrogen-bond acceptors (Lipinski definition) is 11. The number of rotatable bonds is 7. The van der Waals surface area contributed by atoms with E-state index in [0.717, 1.165) is 27.7 Å². The molecule has 0 aliphatic carbocycles. The number of nitrogens with one attached hydrogen (secondary N) is 1. The first-order valence-corrected chi connectivity index (χ1v) is 10.1. The second-order valence-electron chi connectivity index (χ2n) is 6.46. The van der Waals surface area contributed by atoms with E-state index in [9.17, 15) is 24.0 Å². The highest BCUT2D eigenvalue weighted by atomic mass is 35.6. The van der Waals surface area contributed by atoms with Gasteiger partial charge in [0, 0.05) is 27.7 Å². The summed E-state index contributed by atoms with van der Waals surface area (Å²) in [4.78, 5) is 58.4. The normalized spacial score (nSPS) is 25.2. The number of amides is 1. The number of carbonyl (C=O) groups is 5. The molecule has 0 unspecified atom stereocenters. The largest absolute Gasteiger partial charge is 0.463 e. The molecule has 1 saturated heterocycles. The molecule has 1 amide bonds. The Morgan fingerprint density at radius 2 is 1.34 bits per heavy atom. The van der Waals surface area contributed by atoms with Crippen LogP contribution >= 0.6 is 34.8 Å². The Morgan fingerprint density at radius 3 is 1.81 bits per heavy atom. The molecule has 1 aliphatic rings. The molecule has 1 fully saturated rings. The molecule has 1 N–H and O–H groups in total. The standard InChI is InChI=1S/C17H22Cl3NO11/c1-7(22)27-5-11-13(29-8(2)23)14(30-9(3)24)12(15(32-11)31-10(4)25)21-16(26)28-6-17(18,19)20/h11-15H,5-6H2,1-4H3,(H,21,26)/t11-,12+,13-,14-,15+/m1/s1. The predicted molar refractivity (Wildman–Crippen MR) is 107 cm³/mol. The molecule has 0 aromatic carbocycles. The molecule has 1 aliphatic heterocycles. The topological polar surface area (TPSA) is 153 Å². The molecule has 1 heterocycles. The summed E-state index contributed by atoms with van der Waals surface area (Å²) in [6.45, 7) is 3.22. The van der Waals surface area contributed by atoms with Gasteiger partial charge in [-0.05, 0) is 0 Å². The molecule has 0 bridgehead atoms. The average Bonchev–Trinajstić information content (AvgIpc) is 2.61. The Morgan fingerprint density at radius 1 is 0.812 bits per heavy atom. The summed E-state index contributed by atoms with van der Waals surface area (Å²) in [5.41, 5.74) is 0. The molecule has 0 radical (unpaired) electrons. The van der Waals surface area contributed by atoms with Gasteiger partial charge in [0.25, 0.3) is 0 Å². The van der Waals surface area contributed by atoms with Crippen molar-refractivity contribution in [3.8, 4) is 0 Å². The van der Waals surface area contributed by atoms with E-state index in [2.05, 4.69) is 5.32 Å². The first-order chi connectivity index (χ1) is 14.7. The van der Waals surface area contributed by atoms with Crippen LogP contribution in [-0.2, 0) is 47.6 Å². The lowest BCUT2D eigenvalue weighted by Crippen LogP contribution is -2.67. The van der Waals surface area contributed by atoms with Crippen molar-refractivity contribution in [3.63, 3.8) is 0 Å². The number of halogens is 3. The molecule has 0 aromatic rings. The van der Waals surface area contributed by atoms with E-state index in [4.69, 9.17) is 63.2 Å². The lowest BCUT2D eigenvalue weighted by Gasteiger charge is -2.44. The molecule has 32 heavy (non-hydrogen) atoms. The van der Waals surface area contributed by atoms with Crippen LogP contribution in [-0.4, -0.2) is 77.6 Å². The van der Waals surface area contributed by atoms with Crippen molar-refractivity contribution in [1.29, 1.82) is 0 Å². The molecular formula is C17H22Cl3NO11. The maximum Gasteiger partial charge on any atom is 0.407 e. The molecular weight excluding hydrogens is 501 g/mol. The van der Waals surface area contributed by atoms with Gasteiger partial charge in [-0.3, -0.25) is 19.2 Å². The van der Waals surface area contributed by atoms with Crippen molar-refractivity contribution in [2.45, 2.75) is 62.1 Å². The van der Waals surface area contributed by atoms with E-state index in [0.29, 0.717) is 0 Å². The summed E-state index contributed by atoms with van der Waals surface area (Å²) in [5.74, 6) is -3.13. The zero-order valence-electron chi connectivity index (χ0n) is 17.4. The van der Waals surface area contributed by atoms with Gasteiger partial charge in [0.05, 0.1) is 0 Å². The number of hydrogen-bond donors (Lipinski definition) is 1. The van der Waals surface area contributed by atoms with Crippen molar-refractivity contribution >= 4 is 64.8 Å². The first kappa shape index (κ1) is 28.0. The Bertz CT molecular complexity index is 727. The van der Waals surface area contributed by atoms with E-state index in [1.807, 2.05) is 0 Å². The Hall–Kier alpha value is -2.02.